The van der Waals surface area contributed by atoms with Crippen molar-refractivity contribution in [3.8, 4) is 0 Å². The van der Waals surface area contributed by atoms with Gasteiger partial charge in [0.05, 0.1) is 6.61 Å². The molecule has 1 amide bonds. The van der Waals surface area contributed by atoms with E-state index >= 15 is 0 Å². The molecule has 0 atom stereocenters. The summed E-state index contributed by atoms with van der Waals surface area (Å²) in [5, 5.41) is 3.09. The Morgan fingerprint density at radius 1 is 1.12 bits per heavy atom. The minimum absolute atomic E-state index is 0.0747. The predicted octanol–water partition coefficient (Wildman–Crippen LogP) is 3.56. The third-order valence-electron chi connectivity index (χ3n) is 7.02. The second kappa shape index (κ2) is 12.1. The molecular weight excluding hydrogens is 414 g/mol. The van der Waals surface area contributed by atoms with Gasteiger partial charge in [0, 0.05) is 63.3 Å². The van der Waals surface area contributed by atoms with Crippen LogP contribution in [-0.4, -0.2) is 73.3 Å². The van der Waals surface area contributed by atoms with Gasteiger partial charge in [-0.25, -0.2) is 9.97 Å². The molecule has 2 aliphatic rings. The van der Waals surface area contributed by atoms with Crippen molar-refractivity contribution < 1.29 is 9.53 Å². The molecule has 0 aromatic carbocycles. The van der Waals surface area contributed by atoms with Crippen molar-refractivity contribution in [1.29, 1.82) is 0 Å². The zero-order valence-corrected chi connectivity index (χ0v) is 21.5. The molecule has 2 fully saturated rings. The highest BCUT2D eigenvalue weighted by molar-refractivity contribution is 5.73. The van der Waals surface area contributed by atoms with E-state index in [9.17, 15) is 4.79 Å². The fourth-order valence-electron chi connectivity index (χ4n) is 4.99. The summed E-state index contributed by atoms with van der Waals surface area (Å²) in [5.74, 6) is 2.90. The number of nitrogens with zero attached hydrogens (tertiary/aromatic N) is 4. The highest BCUT2D eigenvalue weighted by Crippen LogP contribution is 2.28. The molecule has 0 unspecified atom stereocenters. The maximum Gasteiger partial charge on any atom is 0.217 e. The molecule has 1 aliphatic carbocycles. The molecule has 186 valence electrons. The van der Waals surface area contributed by atoms with E-state index in [1.54, 1.807) is 14.0 Å². The molecule has 2 heterocycles. The van der Waals surface area contributed by atoms with Gasteiger partial charge in [-0.1, -0.05) is 20.8 Å². The third-order valence-corrected chi connectivity index (χ3v) is 7.02. The summed E-state index contributed by atoms with van der Waals surface area (Å²) in [4.78, 5) is 26.2. The van der Waals surface area contributed by atoms with Crippen LogP contribution in [0, 0.1) is 5.92 Å². The van der Waals surface area contributed by atoms with Gasteiger partial charge in [-0.15, -0.1) is 0 Å². The summed E-state index contributed by atoms with van der Waals surface area (Å²) in [7, 11) is 1.74. The van der Waals surface area contributed by atoms with Gasteiger partial charge < -0.3 is 19.9 Å². The van der Waals surface area contributed by atoms with Gasteiger partial charge in [-0.2, -0.15) is 0 Å². The average molecular weight is 460 g/mol. The van der Waals surface area contributed by atoms with Gasteiger partial charge in [0.15, 0.2) is 0 Å². The van der Waals surface area contributed by atoms with Crippen molar-refractivity contribution in [2.45, 2.75) is 84.1 Å². The van der Waals surface area contributed by atoms with Crippen LogP contribution in [0.25, 0.3) is 0 Å². The highest BCUT2D eigenvalue weighted by atomic mass is 16.5. The summed E-state index contributed by atoms with van der Waals surface area (Å²) < 4.78 is 5.29. The minimum Gasteiger partial charge on any atom is -0.384 e. The molecule has 7 nitrogen and oxygen atoms in total. The first kappa shape index (κ1) is 25.9. The predicted molar refractivity (Wildman–Crippen MR) is 134 cm³/mol. The normalized spacial score (nSPS) is 22.8. The van der Waals surface area contributed by atoms with E-state index in [2.05, 4.69) is 42.0 Å². The molecule has 7 heteroatoms. The molecule has 1 N–H and O–H groups in total. The Kier molecular flexibility index (Phi) is 9.50. The number of aromatic nitrogens is 2. The van der Waals surface area contributed by atoms with Gasteiger partial charge in [-0.3, -0.25) is 4.79 Å². The van der Waals surface area contributed by atoms with Crippen LogP contribution < -0.4 is 10.2 Å². The van der Waals surface area contributed by atoms with Gasteiger partial charge in [0.1, 0.15) is 11.6 Å². The van der Waals surface area contributed by atoms with Crippen LogP contribution in [0.5, 0.6) is 0 Å². The lowest BCUT2D eigenvalue weighted by atomic mass is 9.84. The van der Waals surface area contributed by atoms with Crippen molar-refractivity contribution in [1.82, 2.24) is 20.2 Å². The maximum atomic E-state index is 11.3. The summed E-state index contributed by atoms with van der Waals surface area (Å²) >= 11 is 0. The van der Waals surface area contributed by atoms with Crippen LogP contribution in [0.4, 0.5) is 5.82 Å². The van der Waals surface area contributed by atoms with Crippen LogP contribution in [0.3, 0.4) is 0 Å². The van der Waals surface area contributed by atoms with Gasteiger partial charge >= 0.3 is 0 Å². The summed E-state index contributed by atoms with van der Waals surface area (Å²) in [6.07, 6.45) is 8.00. The number of methoxy groups -OCH3 is 1. The Hall–Kier alpha value is -1.73. The SMILES string of the molecule is COCCc1cc(N2CCCN(CCC3CCC(NC(C)=O)CC3)CC2)nc(C(C)(C)C)n1. The summed E-state index contributed by atoms with van der Waals surface area (Å²) in [6.45, 7) is 14.3. The average Bonchev–Trinajstić information content (AvgIpc) is 3.02. The van der Waals surface area contributed by atoms with E-state index in [-0.39, 0.29) is 11.3 Å². The zero-order valence-electron chi connectivity index (χ0n) is 21.5. The highest BCUT2D eigenvalue weighted by Gasteiger charge is 2.24. The third kappa shape index (κ3) is 8.21. The Labute approximate surface area is 200 Å². The number of nitrogens with one attached hydrogen (secondary N) is 1. The quantitative estimate of drug-likeness (QED) is 0.641. The van der Waals surface area contributed by atoms with Crippen molar-refractivity contribution >= 4 is 11.7 Å². The van der Waals surface area contributed by atoms with Crippen molar-refractivity contribution in [2.75, 3.05) is 51.3 Å². The number of carbonyl (C=O) groups excluding carboxylic acids is 1. The molecule has 33 heavy (non-hydrogen) atoms. The van der Waals surface area contributed by atoms with Crippen LogP contribution in [0.15, 0.2) is 6.07 Å². The lowest BCUT2D eigenvalue weighted by Gasteiger charge is -2.30. The van der Waals surface area contributed by atoms with Gasteiger partial charge in [-0.05, 0) is 57.5 Å². The van der Waals surface area contributed by atoms with Crippen LogP contribution in [0.2, 0.25) is 0 Å². The molecule has 1 aliphatic heterocycles. The van der Waals surface area contributed by atoms with Crippen LogP contribution in [0.1, 0.15) is 77.7 Å². The molecule has 0 radical (unpaired) electrons. The number of carbonyl (C=O) groups is 1. The maximum absolute atomic E-state index is 11.3. The number of hydrogen-bond donors (Lipinski definition) is 1. The number of rotatable bonds is 8. The Morgan fingerprint density at radius 3 is 2.55 bits per heavy atom. The summed E-state index contributed by atoms with van der Waals surface area (Å²) in [6, 6.07) is 2.56. The molecule has 1 aromatic heterocycles. The summed E-state index contributed by atoms with van der Waals surface area (Å²) in [5.41, 5.74) is 0.997. The molecule has 0 spiro atoms. The van der Waals surface area contributed by atoms with Crippen molar-refractivity contribution in [3.63, 3.8) is 0 Å². The van der Waals surface area contributed by atoms with E-state index in [1.807, 2.05) is 0 Å². The van der Waals surface area contributed by atoms with Crippen LogP contribution in [-0.2, 0) is 21.4 Å². The van der Waals surface area contributed by atoms with Gasteiger partial charge in [0.2, 0.25) is 5.91 Å². The smallest absolute Gasteiger partial charge is 0.217 e. The first-order valence-electron chi connectivity index (χ1n) is 12.9. The Balaban J connectivity index is 1.53. The van der Waals surface area contributed by atoms with Gasteiger partial charge in [0.25, 0.3) is 0 Å². The largest absolute Gasteiger partial charge is 0.384 e. The van der Waals surface area contributed by atoms with Crippen molar-refractivity contribution in [3.05, 3.63) is 17.6 Å². The van der Waals surface area contributed by atoms with E-state index in [4.69, 9.17) is 14.7 Å². The zero-order chi connectivity index (χ0) is 23.8. The van der Waals surface area contributed by atoms with E-state index in [1.165, 1.54) is 25.8 Å². The van der Waals surface area contributed by atoms with E-state index in [0.717, 1.165) is 75.1 Å². The fourth-order valence-corrected chi connectivity index (χ4v) is 4.99. The number of hydrogen-bond acceptors (Lipinski definition) is 6. The molecule has 1 saturated carbocycles. The number of amides is 1. The molecule has 1 saturated heterocycles. The standard InChI is InChI=1S/C26H45N5O2/c1-20(32)27-22-9-7-21(8-10-22)11-15-30-13-6-14-31(17-16-30)24-19-23(12-18-33-5)28-25(29-24)26(2,3)4/h19,21-22H,6-18H2,1-5H3,(H,27,32). The van der Waals surface area contributed by atoms with E-state index < -0.39 is 0 Å². The minimum atomic E-state index is -0.0747. The molecular formula is C26H45N5O2. The van der Waals surface area contributed by atoms with Crippen LogP contribution >= 0.6 is 0 Å². The molecule has 3 rings (SSSR count). The molecule has 1 aromatic rings. The lowest BCUT2D eigenvalue weighted by Crippen LogP contribution is -2.37. The molecule has 0 bridgehead atoms. The fraction of sp³-hybridized carbons (Fsp3) is 0.808. The Morgan fingerprint density at radius 2 is 1.88 bits per heavy atom. The lowest BCUT2D eigenvalue weighted by molar-refractivity contribution is -0.119. The second-order valence-corrected chi connectivity index (χ2v) is 10.9. The number of anilines is 1. The first-order valence-corrected chi connectivity index (χ1v) is 12.9. The monoisotopic (exact) mass is 459 g/mol. The van der Waals surface area contributed by atoms with E-state index in [0.29, 0.717) is 12.6 Å². The topological polar surface area (TPSA) is 70.6 Å². The second-order valence-electron chi connectivity index (χ2n) is 10.9. The van der Waals surface area contributed by atoms with Crippen molar-refractivity contribution in [2.24, 2.45) is 5.92 Å². The first-order chi connectivity index (χ1) is 15.7. The Bertz CT molecular complexity index is 756. The number of ether oxygens (including phenoxy) is 1.